The lowest BCUT2D eigenvalue weighted by atomic mass is 10.1. The van der Waals surface area contributed by atoms with Crippen molar-refractivity contribution in [2.75, 3.05) is 26.2 Å². The number of aromatic amines is 1. The van der Waals surface area contributed by atoms with E-state index in [-0.39, 0.29) is 5.91 Å². The number of hydrogen-bond acceptors (Lipinski definition) is 6. The van der Waals surface area contributed by atoms with Crippen LogP contribution in [0, 0.1) is 6.92 Å². The van der Waals surface area contributed by atoms with Crippen molar-refractivity contribution in [2.24, 2.45) is 0 Å². The zero-order valence-electron chi connectivity index (χ0n) is 20.0. The van der Waals surface area contributed by atoms with E-state index in [0.717, 1.165) is 53.2 Å². The maximum absolute atomic E-state index is 13.1. The van der Waals surface area contributed by atoms with E-state index >= 15 is 0 Å². The van der Waals surface area contributed by atoms with Crippen LogP contribution in [0.4, 0.5) is 0 Å². The van der Waals surface area contributed by atoms with Crippen molar-refractivity contribution >= 4 is 16.9 Å². The van der Waals surface area contributed by atoms with Gasteiger partial charge in [-0.25, -0.2) is 4.98 Å². The molecule has 180 valence electrons. The molecule has 0 spiro atoms. The van der Waals surface area contributed by atoms with Gasteiger partial charge in [-0.2, -0.15) is 0 Å². The van der Waals surface area contributed by atoms with Crippen LogP contribution in [0.3, 0.4) is 0 Å². The summed E-state index contributed by atoms with van der Waals surface area (Å²) in [6, 6.07) is 23.4. The number of fused-ring (bicyclic) bond motifs is 1. The molecule has 2 aromatic heterocycles. The Hall–Kier alpha value is -4.30. The molecule has 36 heavy (non-hydrogen) atoms. The molecule has 1 amide bonds. The van der Waals surface area contributed by atoms with Gasteiger partial charge in [-0.1, -0.05) is 29.8 Å². The topological polar surface area (TPSA) is 91.2 Å². The van der Waals surface area contributed by atoms with Crippen molar-refractivity contribution in [2.45, 2.75) is 13.5 Å². The molecule has 1 N–H and O–H groups in total. The molecule has 0 unspecified atom stereocenters. The van der Waals surface area contributed by atoms with Gasteiger partial charge in [0.25, 0.3) is 5.91 Å². The summed E-state index contributed by atoms with van der Waals surface area (Å²) in [4.78, 5) is 25.4. The summed E-state index contributed by atoms with van der Waals surface area (Å²) >= 11 is 0. The highest BCUT2D eigenvalue weighted by Gasteiger charge is 2.23. The largest absolute Gasteiger partial charge is 0.416 e. The maximum atomic E-state index is 13.1. The van der Waals surface area contributed by atoms with Crippen LogP contribution in [-0.4, -0.2) is 62.1 Å². The minimum atomic E-state index is 0.0379. The predicted octanol–water partition coefficient (Wildman–Crippen LogP) is 4.55. The lowest BCUT2D eigenvalue weighted by Crippen LogP contribution is -2.48. The Morgan fingerprint density at radius 1 is 0.889 bits per heavy atom. The lowest BCUT2D eigenvalue weighted by Gasteiger charge is -2.34. The summed E-state index contributed by atoms with van der Waals surface area (Å²) in [5, 5.41) is 8.37. The number of rotatable bonds is 5. The second kappa shape index (κ2) is 9.39. The average Bonchev–Trinajstić information content (AvgIpc) is 3.56. The van der Waals surface area contributed by atoms with E-state index < -0.39 is 0 Å². The minimum absolute atomic E-state index is 0.0379. The molecule has 5 aromatic rings. The van der Waals surface area contributed by atoms with Gasteiger partial charge >= 0.3 is 0 Å². The second-order valence-corrected chi connectivity index (χ2v) is 9.13. The molecule has 0 atom stereocenters. The van der Waals surface area contributed by atoms with E-state index in [0.29, 0.717) is 30.4 Å². The second-order valence-electron chi connectivity index (χ2n) is 9.13. The molecule has 3 heterocycles. The molecule has 6 rings (SSSR count). The fourth-order valence-electron chi connectivity index (χ4n) is 4.57. The Bertz CT molecular complexity index is 1480. The average molecular weight is 479 g/mol. The summed E-state index contributed by atoms with van der Waals surface area (Å²) in [6.45, 7) is 5.76. The Balaban J connectivity index is 1.07. The third-order valence-corrected chi connectivity index (χ3v) is 6.54. The molecular weight excluding hydrogens is 452 g/mol. The van der Waals surface area contributed by atoms with Crippen LogP contribution in [0.2, 0.25) is 0 Å². The Morgan fingerprint density at radius 2 is 1.64 bits per heavy atom. The van der Waals surface area contributed by atoms with E-state index in [2.05, 4.69) is 25.1 Å². The molecule has 8 nitrogen and oxygen atoms in total. The maximum Gasteiger partial charge on any atom is 0.253 e. The van der Waals surface area contributed by atoms with Gasteiger partial charge in [0.15, 0.2) is 0 Å². The van der Waals surface area contributed by atoms with Crippen molar-refractivity contribution in [1.82, 2.24) is 30.0 Å². The predicted molar refractivity (Wildman–Crippen MR) is 137 cm³/mol. The summed E-state index contributed by atoms with van der Waals surface area (Å²) in [5.41, 5.74) is 5.50. The first-order valence-electron chi connectivity index (χ1n) is 12.1. The third-order valence-electron chi connectivity index (χ3n) is 6.54. The number of aromatic nitrogens is 4. The number of benzene rings is 3. The number of amides is 1. The zero-order valence-corrected chi connectivity index (χ0v) is 20.0. The van der Waals surface area contributed by atoms with E-state index in [1.54, 1.807) is 0 Å². The van der Waals surface area contributed by atoms with Crippen LogP contribution in [0.25, 0.3) is 33.9 Å². The van der Waals surface area contributed by atoms with Crippen molar-refractivity contribution in [3.63, 3.8) is 0 Å². The molecular formula is C28H26N6O2. The molecule has 1 fully saturated rings. The van der Waals surface area contributed by atoms with Gasteiger partial charge in [0.2, 0.25) is 11.8 Å². The molecule has 1 aliphatic heterocycles. The summed E-state index contributed by atoms with van der Waals surface area (Å²) < 4.78 is 5.88. The molecule has 8 heteroatoms. The normalized spacial score (nSPS) is 14.4. The highest BCUT2D eigenvalue weighted by Crippen LogP contribution is 2.25. The molecule has 0 bridgehead atoms. The van der Waals surface area contributed by atoms with Crippen LogP contribution >= 0.6 is 0 Å². The zero-order chi connectivity index (χ0) is 24.5. The van der Waals surface area contributed by atoms with Crippen LogP contribution < -0.4 is 0 Å². The first-order valence-corrected chi connectivity index (χ1v) is 12.1. The number of piperazine rings is 1. The molecule has 1 saturated heterocycles. The number of H-pyrrole nitrogens is 1. The third kappa shape index (κ3) is 4.50. The van der Waals surface area contributed by atoms with Gasteiger partial charge in [-0.15, -0.1) is 10.2 Å². The monoisotopic (exact) mass is 478 g/mol. The summed E-state index contributed by atoms with van der Waals surface area (Å²) in [7, 11) is 0. The quantitative estimate of drug-likeness (QED) is 0.399. The number of hydrogen-bond donors (Lipinski definition) is 1. The van der Waals surface area contributed by atoms with Crippen LogP contribution in [0.1, 0.15) is 21.7 Å². The highest BCUT2D eigenvalue weighted by molar-refractivity contribution is 5.94. The van der Waals surface area contributed by atoms with Gasteiger partial charge in [0.05, 0.1) is 17.6 Å². The van der Waals surface area contributed by atoms with Crippen LogP contribution in [0.15, 0.2) is 77.2 Å². The molecule has 3 aromatic carbocycles. The highest BCUT2D eigenvalue weighted by atomic mass is 16.4. The molecule has 0 radical (unpaired) electrons. The first kappa shape index (κ1) is 22.2. The fourth-order valence-corrected chi connectivity index (χ4v) is 4.57. The van der Waals surface area contributed by atoms with E-state index in [1.807, 2.05) is 84.6 Å². The SMILES string of the molecule is Cc1cccc(-c2nnc(-c3ccc(C(=O)N4CCN(Cc5nc6ccccc6[nH]5)CC4)cc3)o2)c1. The molecule has 0 aliphatic carbocycles. The van der Waals surface area contributed by atoms with Gasteiger partial charge in [0.1, 0.15) is 5.82 Å². The van der Waals surface area contributed by atoms with Gasteiger partial charge in [0, 0.05) is 42.9 Å². The van der Waals surface area contributed by atoms with Gasteiger partial charge in [-0.05, 0) is 55.5 Å². The number of aryl methyl sites for hydroxylation is 1. The van der Waals surface area contributed by atoms with E-state index in [1.165, 1.54) is 0 Å². The van der Waals surface area contributed by atoms with Gasteiger partial charge in [-0.3, -0.25) is 9.69 Å². The summed E-state index contributed by atoms with van der Waals surface area (Å²) in [6.07, 6.45) is 0. The Kier molecular flexibility index (Phi) is 5.79. The van der Waals surface area contributed by atoms with Crippen molar-refractivity contribution < 1.29 is 9.21 Å². The van der Waals surface area contributed by atoms with E-state index in [4.69, 9.17) is 4.42 Å². The lowest BCUT2D eigenvalue weighted by molar-refractivity contribution is 0.0626. The number of para-hydroxylation sites is 2. The number of nitrogens with one attached hydrogen (secondary N) is 1. The molecule has 0 saturated carbocycles. The van der Waals surface area contributed by atoms with E-state index in [9.17, 15) is 4.79 Å². The van der Waals surface area contributed by atoms with Crippen molar-refractivity contribution in [1.29, 1.82) is 0 Å². The van der Waals surface area contributed by atoms with Crippen molar-refractivity contribution in [3.8, 4) is 22.9 Å². The Labute approximate surface area is 208 Å². The Morgan fingerprint density at radius 3 is 2.39 bits per heavy atom. The van der Waals surface area contributed by atoms with Crippen LogP contribution in [-0.2, 0) is 6.54 Å². The fraction of sp³-hybridized carbons (Fsp3) is 0.214. The first-order chi connectivity index (χ1) is 17.6. The van der Waals surface area contributed by atoms with Gasteiger partial charge < -0.3 is 14.3 Å². The standard InChI is InChI=1S/C28H26N6O2/c1-19-5-4-6-22(17-19)27-32-31-26(36-27)20-9-11-21(12-10-20)28(35)34-15-13-33(14-16-34)18-25-29-23-7-2-3-8-24(23)30-25/h2-12,17H,13-16,18H2,1H3,(H,29,30). The molecule has 1 aliphatic rings. The van der Waals surface area contributed by atoms with Crippen LogP contribution in [0.5, 0.6) is 0 Å². The smallest absolute Gasteiger partial charge is 0.253 e. The number of carbonyl (C=O) groups is 1. The number of imidazole rings is 1. The summed E-state index contributed by atoms with van der Waals surface area (Å²) in [5.74, 6) is 1.91. The number of nitrogens with zero attached hydrogens (tertiary/aromatic N) is 5. The minimum Gasteiger partial charge on any atom is -0.416 e. The number of carbonyl (C=O) groups excluding carboxylic acids is 1. The van der Waals surface area contributed by atoms with Crippen molar-refractivity contribution in [3.05, 3.63) is 89.7 Å².